The molecular formula is C14H15ClN2. The van der Waals surface area contributed by atoms with Gasteiger partial charge in [0.1, 0.15) is 0 Å². The van der Waals surface area contributed by atoms with Crippen LogP contribution in [0.2, 0.25) is 5.02 Å². The van der Waals surface area contributed by atoms with Crippen LogP contribution in [0, 0.1) is 13.8 Å². The molecule has 88 valence electrons. The van der Waals surface area contributed by atoms with Crippen molar-refractivity contribution in [2.45, 2.75) is 20.4 Å². The van der Waals surface area contributed by atoms with E-state index < -0.39 is 0 Å². The molecule has 0 spiro atoms. The summed E-state index contributed by atoms with van der Waals surface area (Å²) in [7, 11) is 0. The van der Waals surface area contributed by atoms with Gasteiger partial charge >= 0.3 is 0 Å². The molecule has 3 heteroatoms. The van der Waals surface area contributed by atoms with Gasteiger partial charge in [0.25, 0.3) is 0 Å². The summed E-state index contributed by atoms with van der Waals surface area (Å²) in [4.78, 5) is 4.23. The second-order valence-corrected chi connectivity index (χ2v) is 4.53. The lowest BCUT2D eigenvalue weighted by Crippen LogP contribution is -2.00. The van der Waals surface area contributed by atoms with Gasteiger partial charge < -0.3 is 5.32 Å². The number of nitrogens with one attached hydrogen (secondary N) is 1. The van der Waals surface area contributed by atoms with E-state index in [4.69, 9.17) is 11.6 Å². The molecule has 1 heterocycles. The Hall–Kier alpha value is -1.54. The van der Waals surface area contributed by atoms with Gasteiger partial charge in [0, 0.05) is 17.3 Å². The second kappa shape index (κ2) is 5.19. The molecule has 1 aromatic carbocycles. The minimum atomic E-state index is 0.755. The number of aryl methyl sites for hydroxylation is 2. The lowest BCUT2D eigenvalue weighted by molar-refractivity contribution is 1.12. The van der Waals surface area contributed by atoms with Gasteiger partial charge in [-0.05, 0) is 43.2 Å². The summed E-state index contributed by atoms with van der Waals surface area (Å²) in [5, 5.41) is 4.13. The maximum absolute atomic E-state index is 6.08. The first kappa shape index (κ1) is 11.9. The topological polar surface area (TPSA) is 24.9 Å². The van der Waals surface area contributed by atoms with Crippen LogP contribution < -0.4 is 5.32 Å². The molecule has 0 aliphatic heterocycles. The largest absolute Gasteiger partial charge is 0.380 e. The van der Waals surface area contributed by atoms with Crippen molar-refractivity contribution in [1.82, 2.24) is 4.98 Å². The maximum Gasteiger partial charge on any atom is 0.0529 e. The van der Waals surface area contributed by atoms with E-state index in [9.17, 15) is 0 Å². The number of halogens is 1. The Balaban J connectivity index is 2.02. The number of rotatable bonds is 3. The molecule has 2 aromatic rings. The monoisotopic (exact) mass is 246 g/mol. The van der Waals surface area contributed by atoms with Gasteiger partial charge in [-0.3, -0.25) is 4.98 Å². The number of anilines is 1. The van der Waals surface area contributed by atoms with Gasteiger partial charge in [-0.1, -0.05) is 23.7 Å². The minimum absolute atomic E-state index is 0.755. The Labute approximate surface area is 107 Å². The first-order valence-electron chi connectivity index (χ1n) is 5.57. The average Bonchev–Trinajstić information content (AvgIpc) is 2.33. The van der Waals surface area contributed by atoms with Crippen LogP contribution in [0.1, 0.15) is 16.8 Å². The Morgan fingerprint density at radius 3 is 2.65 bits per heavy atom. The molecule has 0 saturated carbocycles. The van der Waals surface area contributed by atoms with Gasteiger partial charge in [-0.15, -0.1) is 0 Å². The van der Waals surface area contributed by atoms with Gasteiger partial charge in [0.2, 0.25) is 0 Å². The van der Waals surface area contributed by atoms with E-state index in [0.29, 0.717) is 0 Å². The van der Waals surface area contributed by atoms with E-state index in [-0.39, 0.29) is 0 Å². The van der Waals surface area contributed by atoms with Crippen LogP contribution >= 0.6 is 11.6 Å². The SMILES string of the molecule is Cc1ccc(NCc2ccc(C)c(Cl)c2)cn1. The second-order valence-electron chi connectivity index (χ2n) is 4.13. The van der Waals surface area contributed by atoms with Gasteiger partial charge in [0.05, 0.1) is 11.9 Å². The summed E-state index contributed by atoms with van der Waals surface area (Å²) in [6.45, 7) is 4.73. The highest BCUT2D eigenvalue weighted by Crippen LogP contribution is 2.17. The van der Waals surface area contributed by atoms with Crippen LogP contribution in [-0.2, 0) is 6.54 Å². The summed E-state index contributed by atoms with van der Waals surface area (Å²) < 4.78 is 0. The first-order valence-corrected chi connectivity index (χ1v) is 5.94. The summed E-state index contributed by atoms with van der Waals surface area (Å²) in [6.07, 6.45) is 1.84. The van der Waals surface area contributed by atoms with Crippen molar-refractivity contribution in [3.05, 3.63) is 58.4 Å². The third-order valence-electron chi connectivity index (χ3n) is 2.64. The third kappa shape index (κ3) is 3.21. The first-order chi connectivity index (χ1) is 8.15. The molecular weight excluding hydrogens is 232 g/mol. The molecule has 2 nitrogen and oxygen atoms in total. The zero-order valence-electron chi connectivity index (χ0n) is 10.00. The van der Waals surface area contributed by atoms with Crippen molar-refractivity contribution in [1.29, 1.82) is 0 Å². The number of pyridine rings is 1. The van der Waals surface area contributed by atoms with Crippen molar-refractivity contribution in [2.75, 3.05) is 5.32 Å². The highest BCUT2D eigenvalue weighted by atomic mass is 35.5. The molecule has 0 unspecified atom stereocenters. The van der Waals surface area contributed by atoms with Crippen LogP contribution in [0.3, 0.4) is 0 Å². The predicted molar refractivity (Wildman–Crippen MR) is 72.5 cm³/mol. The molecule has 0 radical (unpaired) electrons. The van der Waals surface area contributed by atoms with E-state index >= 15 is 0 Å². The molecule has 0 aliphatic carbocycles. The smallest absolute Gasteiger partial charge is 0.0529 e. The Morgan fingerprint density at radius 1 is 1.18 bits per heavy atom. The molecule has 0 amide bonds. The zero-order valence-corrected chi connectivity index (χ0v) is 10.8. The fourth-order valence-electron chi connectivity index (χ4n) is 1.52. The highest BCUT2D eigenvalue weighted by molar-refractivity contribution is 6.31. The van der Waals surface area contributed by atoms with Crippen molar-refractivity contribution in [3.63, 3.8) is 0 Å². The average molecular weight is 247 g/mol. The molecule has 1 aromatic heterocycles. The number of hydrogen-bond donors (Lipinski definition) is 1. The number of hydrogen-bond acceptors (Lipinski definition) is 2. The van der Waals surface area contributed by atoms with E-state index in [1.54, 1.807) is 0 Å². The van der Waals surface area contributed by atoms with Crippen LogP contribution in [0.15, 0.2) is 36.5 Å². The lowest BCUT2D eigenvalue weighted by atomic mass is 10.1. The standard InChI is InChI=1S/C14H15ClN2/c1-10-3-5-12(7-14(10)15)8-17-13-6-4-11(2)16-9-13/h3-7,9,17H,8H2,1-2H3. The normalized spacial score (nSPS) is 10.3. The molecule has 0 aliphatic rings. The van der Waals surface area contributed by atoms with Crippen molar-refractivity contribution >= 4 is 17.3 Å². The van der Waals surface area contributed by atoms with E-state index in [0.717, 1.165) is 28.5 Å². The van der Waals surface area contributed by atoms with Crippen LogP contribution in [-0.4, -0.2) is 4.98 Å². The molecule has 0 saturated heterocycles. The van der Waals surface area contributed by atoms with Crippen LogP contribution in [0.5, 0.6) is 0 Å². The van der Waals surface area contributed by atoms with Crippen molar-refractivity contribution in [3.8, 4) is 0 Å². The molecule has 17 heavy (non-hydrogen) atoms. The molecule has 0 bridgehead atoms. The Bertz CT molecular complexity index is 506. The van der Waals surface area contributed by atoms with E-state index in [1.807, 2.05) is 44.3 Å². The molecule has 2 rings (SSSR count). The summed E-state index contributed by atoms with van der Waals surface area (Å²) >= 11 is 6.08. The van der Waals surface area contributed by atoms with Crippen molar-refractivity contribution < 1.29 is 0 Å². The summed E-state index contributed by atoms with van der Waals surface area (Å²) in [5.74, 6) is 0. The molecule has 1 N–H and O–H groups in total. The number of nitrogens with zero attached hydrogens (tertiary/aromatic N) is 1. The van der Waals surface area contributed by atoms with Crippen LogP contribution in [0.25, 0.3) is 0 Å². The highest BCUT2D eigenvalue weighted by Gasteiger charge is 1.98. The fraction of sp³-hybridized carbons (Fsp3) is 0.214. The van der Waals surface area contributed by atoms with Crippen molar-refractivity contribution in [2.24, 2.45) is 0 Å². The predicted octanol–water partition coefficient (Wildman–Crippen LogP) is 3.96. The van der Waals surface area contributed by atoms with Gasteiger partial charge in [0.15, 0.2) is 0 Å². The quantitative estimate of drug-likeness (QED) is 0.887. The number of benzene rings is 1. The summed E-state index contributed by atoms with van der Waals surface area (Å²) in [5.41, 5.74) is 4.31. The Kier molecular flexibility index (Phi) is 3.64. The van der Waals surface area contributed by atoms with Gasteiger partial charge in [-0.25, -0.2) is 0 Å². The Morgan fingerprint density at radius 2 is 2.00 bits per heavy atom. The minimum Gasteiger partial charge on any atom is -0.380 e. The zero-order chi connectivity index (χ0) is 12.3. The fourth-order valence-corrected chi connectivity index (χ4v) is 1.73. The van der Waals surface area contributed by atoms with Crippen LogP contribution in [0.4, 0.5) is 5.69 Å². The third-order valence-corrected chi connectivity index (χ3v) is 3.05. The molecule has 0 atom stereocenters. The number of aromatic nitrogens is 1. The van der Waals surface area contributed by atoms with E-state index in [2.05, 4.69) is 16.4 Å². The molecule has 0 fully saturated rings. The lowest BCUT2D eigenvalue weighted by Gasteiger charge is -2.07. The maximum atomic E-state index is 6.08. The van der Waals surface area contributed by atoms with Gasteiger partial charge in [-0.2, -0.15) is 0 Å². The van der Waals surface area contributed by atoms with E-state index in [1.165, 1.54) is 5.56 Å². The summed E-state index contributed by atoms with van der Waals surface area (Å²) in [6, 6.07) is 10.1.